The van der Waals surface area contributed by atoms with E-state index >= 15 is 0 Å². The van der Waals surface area contributed by atoms with Crippen molar-refractivity contribution in [2.45, 2.75) is 53.0 Å². The summed E-state index contributed by atoms with van der Waals surface area (Å²) < 4.78 is 1.23. The van der Waals surface area contributed by atoms with Crippen LogP contribution in [0.5, 0.6) is 0 Å². The van der Waals surface area contributed by atoms with Crippen molar-refractivity contribution in [1.29, 1.82) is 0 Å². The molecule has 3 heteroatoms. The highest BCUT2D eigenvalue weighted by molar-refractivity contribution is 9.11. The molecule has 1 heterocycles. The average molecular weight is 318 g/mol. The Morgan fingerprint density at radius 2 is 2.06 bits per heavy atom. The van der Waals surface area contributed by atoms with Crippen molar-refractivity contribution >= 4 is 27.3 Å². The molecule has 1 nitrogen and oxygen atoms in total. The molecule has 0 saturated carbocycles. The largest absolute Gasteiger partial charge is 0.309 e. The Labute approximate surface area is 118 Å². The van der Waals surface area contributed by atoms with Crippen molar-refractivity contribution in [3.63, 3.8) is 0 Å². The molecule has 1 atom stereocenters. The highest BCUT2D eigenvalue weighted by Crippen LogP contribution is 2.32. The lowest BCUT2D eigenvalue weighted by atomic mass is 9.88. The van der Waals surface area contributed by atoms with Crippen LogP contribution in [0, 0.1) is 5.41 Å². The first kappa shape index (κ1) is 15.2. The summed E-state index contributed by atoms with van der Waals surface area (Å²) in [5, 5.41) is 3.66. The first-order valence-corrected chi connectivity index (χ1v) is 8.02. The van der Waals surface area contributed by atoms with E-state index in [4.69, 9.17) is 0 Å². The molecule has 98 valence electrons. The molecule has 1 aromatic rings. The van der Waals surface area contributed by atoms with Gasteiger partial charge in [0.2, 0.25) is 0 Å². The maximum Gasteiger partial charge on any atom is 0.0701 e. The average Bonchev–Trinajstić information content (AvgIpc) is 2.63. The predicted molar refractivity (Wildman–Crippen MR) is 81.7 cm³/mol. The van der Waals surface area contributed by atoms with Gasteiger partial charge >= 0.3 is 0 Å². The molecule has 0 amide bonds. The smallest absolute Gasteiger partial charge is 0.0701 e. The van der Waals surface area contributed by atoms with Gasteiger partial charge < -0.3 is 5.32 Å². The molecular weight excluding hydrogens is 294 g/mol. The maximum absolute atomic E-state index is 3.66. The Morgan fingerprint density at radius 1 is 1.35 bits per heavy atom. The van der Waals surface area contributed by atoms with E-state index in [9.17, 15) is 0 Å². The quantitative estimate of drug-likeness (QED) is 0.743. The summed E-state index contributed by atoms with van der Waals surface area (Å²) in [7, 11) is 0. The summed E-state index contributed by atoms with van der Waals surface area (Å²) in [6.45, 7) is 10.3. The third-order valence-electron chi connectivity index (χ3n) is 2.76. The van der Waals surface area contributed by atoms with Crippen molar-refractivity contribution < 1.29 is 0 Å². The predicted octanol–water partition coefficient (Wildman–Crippen LogP) is 5.38. The number of hydrogen-bond acceptors (Lipinski definition) is 2. The molecule has 0 aliphatic rings. The molecule has 0 bridgehead atoms. The zero-order valence-electron chi connectivity index (χ0n) is 11.3. The second-order valence-electron chi connectivity index (χ2n) is 5.75. The monoisotopic (exact) mass is 317 g/mol. The third kappa shape index (κ3) is 6.03. The van der Waals surface area contributed by atoms with E-state index in [1.54, 1.807) is 0 Å². The van der Waals surface area contributed by atoms with E-state index < -0.39 is 0 Å². The zero-order chi connectivity index (χ0) is 12.9. The summed E-state index contributed by atoms with van der Waals surface area (Å²) in [5.74, 6) is 0. The van der Waals surface area contributed by atoms with Crippen molar-refractivity contribution in [3.8, 4) is 0 Å². The Bertz CT molecular complexity index is 327. The zero-order valence-corrected chi connectivity index (χ0v) is 13.7. The van der Waals surface area contributed by atoms with Gasteiger partial charge in [0.05, 0.1) is 3.79 Å². The van der Waals surface area contributed by atoms with E-state index in [2.05, 4.69) is 61.1 Å². The number of thiophene rings is 1. The standard InChI is InChI=1S/C14H24BrNS/c1-5-10-16-11(8-9-14(2,3)4)12-6-7-13(15)17-12/h6-7,11,16H,5,8-10H2,1-4H3. The molecule has 0 aliphatic carbocycles. The summed E-state index contributed by atoms with van der Waals surface area (Å²) in [6, 6.07) is 4.91. The third-order valence-corrected chi connectivity index (χ3v) is 4.50. The van der Waals surface area contributed by atoms with Gasteiger partial charge in [-0.15, -0.1) is 11.3 Å². The van der Waals surface area contributed by atoms with Gasteiger partial charge in [0.1, 0.15) is 0 Å². The van der Waals surface area contributed by atoms with Crippen LogP contribution in [0.4, 0.5) is 0 Å². The Morgan fingerprint density at radius 3 is 2.53 bits per heavy atom. The highest BCUT2D eigenvalue weighted by Gasteiger charge is 2.17. The molecule has 1 N–H and O–H groups in total. The molecule has 17 heavy (non-hydrogen) atoms. The van der Waals surface area contributed by atoms with Crippen LogP contribution in [0.1, 0.15) is 57.9 Å². The van der Waals surface area contributed by atoms with Crippen LogP contribution in [-0.2, 0) is 0 Å². The van der Waals surface area contributed by atoms with Crippen LogP contribution in [0.15, 0.2) is 15.9 Å². The van der Waals surface area contributed by atoms with Crippen molar-refractivity contribution in [3.05, 3.63) is 20.8 Å². The number of halogens is 1. The van der Waals surface area contributed by atoms with E-state index in [1.165, 1.54) is 27.9 Å². The van der Waals surface area contributed by atoms with Gasteiger partial charge in [0.25, 0.3) is 0 Å². The molecule has 0 radical (unpaired) electrons. The fourth-order valence-electron chi connectivity index (χ4n) is 1.76. The first-order chi connectivity index (χ1) is 7.92. The summed E-state index contributed by atoms with van der Waals surface area (Å²) >= 11 is 5.40. The van der Waals surface area contributed by atoms with Gasteiger partial charge in [-0.25, -0.2) is 0 Å². The molecule has 1 aromatic heterocycles. The molecular formula is C14H24BrNS. The van der Waals surface area contributed by atoms with Gasteiger partial charge in [-0.05, 0) is 59.3 Å². The van der Waals surface area contributed by atoms with Crippen LogP contribution in [0.25, 0.3) is 0 Å². The molecule has 0 saturated heterocycles. The second kappa shape index (κ2) is 6.91. The van der Waals surface area contributed by atoms with Crippen LogP contribution < -0.4 is 5.32 Å². The second-order valence-corrected chi connectivity index (χ2v) is 8.24. The number of hydrogen-bond donors (Lipinski definition) is 1. The molecule has 0 aromatic carbocycles. The molecule has 1 unspecified atom stereocenters. The van der Waals surface area contributed by atoms with Gasteiger partial charge in [0, 0.05) is 10.9 Å². The fourth-order valence-corrected chi connectivity index (χ4v) is 3.29. The van der Waals surface area contributed by atoms with Crippen LogP contribution in [0.2, 0.25) is 0 Å². The van der Waals surface area contributed by atoms with Crippen molar-refractivity contribution in [2.24, 2.45) is 5.41 Å². The van der Waals surface area contributed by atoms with E-state index in [1.807, 2.05) is 11.3 Å². The summed E-state index contributed by atoms with van der Waals surface area (Å²) in [5.41, 5.74) is 0.417. The fraction of sp³-hybridized carbons (Fsp3) is 0.714. The van der Waals surface area contributed by atoms with E-state index in [0.717, 1.165) is 6.54 Å². The first-order valence-electron chi connectivity index (χ1n) is 6.41. The van der Waals surface area contributed by atoms with Crippen LogP contribution in [0.3, 0.4) is 0 Å². The lowest BCUT2D eigenvalue weighted by Gasteiger charge is -2.23. The Hall–Kier alpha value is 0.140. The molecule has 0 aliphatic heterocycles. The van der Waals surface area contributed by atoms with Crippen molar-refractivity contribution in [2.75, 3.05) is 6.54 Å². The maximum atomic E-state index is 3.66. The number of rotatable bonds is 6. The van der Waals surface area contributed by atoms with Gasteiger partial charge in [-0.3, -0.25) is 0 Å². The minimum absolute atomic E-state index is 0.417. The lowest BCUT2D eigenvalue weighted by Crippen LogP contribution is -2.22. The number of nitrogens with one attached hydrogen (secondary N) is 1. The van der Waals surface area contributed by atoms with Gasteiger partial charge in [0.15, 0.2) is 0 Å². The highest BCUT2D eigenvalue weighted by atomic mass is 79.9. The molecule has 0 spiro atoms. The molecule has 0 fully saturated rings. The topological polar surface area (TPSA) is 12.0 Å². The van der Waals surface area contributed by atoms with Crippen LogP contribution >= 0.6 is 27.3 Å². The Kier molecular flexibility index (Phi) is 6.18. The lowest BCUT2D eigenvalue weighted by molar-refractivity contribution is 0.333. The van der Waals surface area contributed by atoms with E-state index in [-0.39, 0.29) is 0 Å². The molecule has 1 rings (SSSR count). The normalized spacial score (nSPS) is 13.9. The van der Waals surface area contributed by atoms with E-state index in [0.29, 0.717) is 11.5 Å². The van der Waals surface area contributed by atoms with Crippen LogP contribution in [-0.4, -0.2) is 6.54 Å². The minimum atomic E-state index is 0.417. The summed E-state index contributed by atoms with van der Waals surface area (Å²) in [4.78, 5) is 1.45. The van der Waals surface area contributed by atoms with Crippen molar-refractivity contribution in [1.82, 2.24) is 5.32 Å². The Balaban J connectivity index is 2.60. The summed E-state index contributed by atoms with van der Waals surface area (Å²) in [6.07, 6.45) is 3.67. The van der Waals surface area contributed by atoms with Gasteiger partial charge in [-0.2, -0.15) is 0 Å². The minimum Gasteiger partial charge on any atom is -0.309 e. The van der Waals surface area contributed by atoms with Gasteiger partial charge in [-0.1, -0.05) is 27.7 Å². The SMILES string of the molecule is CCCNC(CCC(C)(C)C)c1ccc(Br)s1.